The Morgan fingerprint density at radius 2 is 2.24 bits per heavy atom. The molecule has 0 unspecified atom stereocenters. The summed E-state index contributed by atoms with van der Waals surface area (Å²) in [7, 11) is 1.48. The normalized spacial score (nSPS) is 28.5. The lowest BCUT2D eigenvalue weighted by Crippen LogP contribution is -2.38. The van der Waals surface area contributed by atoms with Crippen LogP contribution in [-0.4, -0.2) is 19.2 Å². The molecule has 0 bridgehead atoms. The topological polar surface area (TPSA) is 53.2 Å². The molecular formula is C11H15IN2O3. The molecule has 3 atom stereocenters. The summed E-state index contributed by atoms with van der Waals surface area (Å²) < 4.78 is 8.84. The Morgan fingerprint density at radius 1 is 1.53 bits per heavy atom. The lowest BCUT2D eigenvalue weighted by atomic mass is 10.2. The second-order valence-electron chi connectivity index (χ2n) is 4.19. The van der Waals surface area contributed by atoms with Crippen LogP contribution in [0.5, 0.6) is 0 Å². The molecule has 6 heteroatoms. The Labute approximate surface area is 113 Å². The minimum absolute atomic E-state index is 0.185. The van der Waals surface area contributed by atoms with Gasteiger partial charge in [0.1, 0.15) is 6.23 Å². The molecule has 94 valence electrons. The molecule has 1 saturated heterocycles. The quantitative estimate of drug-likeness (QED) is 0.592. The van der Waals surface area contributed by atoms with Crippen LogP contribution in [0.4, 0.5) is 0 Å². The van der Waals surface area contributed by atoms with Gasteiger partial charge in [-0.15, -0.1) is 0 Å². The number of hydrogen-bond donors (Lipinski definition) is 0. The van der Waals surface area contributed by atoms with E-state index in [-0.39, 0.29) is 23.6 Å². The van der Waals surface area contributed by atoms with E-state index < -0.39 is 0 Å². The van der Waals surface area contributed by atoms with Crippen LogP contribution in [0.2, 0.25) is 0 Å². The van der Waals surface area contributed by atoms with Crippen LogP contribution in [0, 0.1) is 0 Å². The summed E-state index contributed by atoms with van der Waals surface area (Å²) in [6.45, 7) is 2.07. The molecule has 5 nitrogen and oxygen atoms in total. The van der Waals surface area contributed by atoms with Gasteiger partial charge in [0.15, 0.2) is 0 Å². The highest BCUT2D eigenvalue weighted by Crippen LogP contribution is 2.34. The maximum Gasteiger partial charge on any atom is 0.332 e. The lowest BCUT2D eigenvalue weighted by molar-refractivity contribution is -0.00148. The molecule has 0 N–H and O–H groups in total. The van der Waals surface area contributed by atoms with E-state index in [0.717, 1.165) is 17.4 Å². The average Bonchev–Trinajstić information content (AvgIpc) is 2.67. The van der Waals surface area contributed by atoms with Crippen LogP contribution in [0.1, 0.15) is 26.0 Å². The molecule has 2 heterocycles. The van der Waals surface area contributed by atoms with Crippen molar-refractivity contribution >= 4 is 22.6 Å². The Balaban J connectivity index is 2.34. The summed E-state index contributed by atoms with van der Waals surface area (Å²) in [5.74, 6) is 0. The molecular weight excluding hydrogens is 335 g/mol. The third-order valence-electron chi connectivity index (χ3n) is 3.09. The summed E-state index contributed by atoms with van der Waals surface area (Å²) in [4.78, 5) is 23.2. The van der Waals surface area contributed by atoms with Crippen molar-refractivity contribution in [3.63, 3.8) is 0 Å². The van der Waals surface area contributed by atoms with Gasteiger partial charge in [-0.05, 0) is 6.42 Å². The molecule has 1 aromatic rings. The second-order valence-corrected chi connectivity index (χ2v) is 5.79. The highest BCUT2D eigenvalue weighted by Gasteiger charge is 2.33. The van der Waals surface area contributed by atoms with Gasteiger partial charge in [-0.3, -0.25) is 13.9 Å². The van der Waals surface area contributed by atoms with E-state index in [0.29, 0.717) is 3.92 Å². The molecule has 0 amide bonds. The van der Waals surface area contributed by atoms with Crippen molar-refractivity contribution < 1.29 is 4.74 Å². The highest BCUT2D eigenvalue weighted by atomic mass is 127. The van der Waals surface area contributed by atoms with Gasteiger partial charge in [-0.1, -0.05) is 29.5 Å². The number of nitrogens with zero attached hydrogens (tertiary/aromatic N) is 2. The molecule has 17 heavy (non-hydrogen) atoms. The first-order valence-corrected chi connectivity index (χ1v) is 6.87. The monoisotopic (exact) mass is 350 g/mol. The lowest BCUT2D eigenvalue weighted by Gasteiger charge is -2.15. The number of hydrogen-bond acceptors (Lipinski definition) is 3. The van der Waals surface area contributed by atoms with Crippen LogP contribution in [0.25, 0.3) is 0 Å². The van der Waals surface area contributed by atoms with Crippen molar-refractivity contribution in [3.8, 4) is 0 Å². The molecule has 1 aliphatic rings. The molecule has 1 aromatic heterocycles. The molecule has 0 spiro atoms. The van der Waals surface area contributed by atoms with Gasteiger partial charge in [0.25, 0.3) is 5.56 Å². The first kappa shape index (κ1) is 12.8. The predicted molar refractivity (Wildman–Crippen MR) is 72.6 cm³/mol. The van der Waals surface area contributed by atoms with Crippen LogP contribution in [-0.2, 0) is 11.8 Å². The van der Waals surface area contributed by atoms with Crippen molar-refractivity contribution in [2.75, 3.05) is 0 Å². The van der Waals surface area contributed by atoms with E-state index in [1.807, 2.05) is 0 Å². The zero-order valence-corrected chi connectivity index (χ0v) is 12.0. The summed E-state index contributed by atoms with van der Waals surface area (Å²) in [5, 5.41) is 0. The van der Waals surface area contributed by atoms with Crippen molar-refractivity contribution in [1.82, 2.24) is 9.13 Å². The van der Waals surface area contributed by atoms with Crippen molar-refractivity contribution in [1.29, 1.82) is 0 Å². The van der Waals surface area contributed by atoms with Gasteiger partial charge in [0, 0.05) is 29.7 Å². The molecule has 0 aliphatic carbocycles. The van der Waals surface area contributed by atoms with E-state index in [1.54, 1.807) is 0 Å². The largest absolute Gasteiger partial charge is 0.354 e. The Hall–Kier alpha value is -0.630. The summed E-state index contributed by atoms with van der Waals surface area (Å²) in [6, 6.07) is 1.40. The van der Waals surface area contributed by atoms with Crippen molar-refractivity contribution in [2.45, 2.75) is 36.0 Å². The fourth-order valence-electron chi connectivity index (χ4n) is 2.02. The zero-order chi connectivity index (χ0) is 12.6. The number of halogens is 1. The Kier molecular flexibility index (Phi) is 3.72. The van der Waals surface area contributed by atoms with E-state index >= 15 is 0 Å². The van der Waals surface area contributed by atoms with E-state index in [2.05, 4.69) is 29.5 Å². The third-order valence-corrected chi connectivity index (χ3v) is 4.40. The van der Waals surface area contributed by atoms with E-state index in [4.69, 9.17) is 4.74 Å². The standard InChI is InChI=1S/C11H15IN2O3/c1-3-8-7(12)6-10(17-8)14-5-4-9(15)13(2)11(14)16/h4-5,7-8,10H,3,6H2,1-2H3/t7-,8-,10-/m1/s1. The maximum atomic E-state index is 11.9. The summed E-state index contributed by atoms with van der Waals surface area (Å²) in [5.41, 5.74) is -0.606. The Bertz CT molecular complexity index is 522. The minimum Gasteiger partial charge on any atom is -0.354 e. The van der Waals surface area contributed by atoms with E-state index in [9.17, 15) is 9.59 Å². The summed E-state index contributed by atoms with van der Waals surface area (Å²) >= 11 is 2.35. The molecule has 1 aliphatic heterocycles. The second kappa shape index (κ2) is 4.93. The molecule has 2 rings (SSSR count). The van der Waals surface area contributed by atoms with E-state index in [1.165, 1.54) is 23.9 Å². The van der Waals surface area contributed by atoms with Crippen LogP contribution in [0.15, 0.2) is 21.9 Å². The SMILES string of the molecule is CC[C@H]1O[C@@H](n2ccc(=O)n(C)c2=O)C[C@H]1I. The average molecular weight is 350 g/mol. The van der Waals surface area contributed by atoms with Crippen LogP contribution < -0.4 is 11.2 Å². The zero-order valence-electron chi connectivity index (χ0n) is 9.80. The van der Waals surface area contributed by atoms with Gasteiger partial charge in [-0.2, -0.15) is 0 Å². The van der Waals surface area contributed by atoms with Gasteiger partial charge >= 0.3 is 5.69 Å². The molecule has 0 saturated carbocycles. The first-order valence-electron chi connectivity index (χ1n) is 5.62. The fourth-order valence-corrected chi connectivity index (χ4v) is 3.14. The number of ether oxygens (including phenoxy) is 1. The molecule has 0 aromatic carbocycles. The predicted octanol–water partition coefficient (Wildman–Crippen LogP) is 1.05. The van der Waals surface area contributed by atoms with Crippen molar-refractivity contribution in [3.05, 3.63) is 33.1 Å². The number of rotatable bonds is 2. The number of alkyl halides is 1. The first-order chi connectivity index (χ1) is 8.04. The maximum absolute atomic E-state index is 11.9. The molecule has 1 fully saturated rings. The molecule has 0 radical (unpaired) electrons. The highest BCUT2D eigenvalue weighted by molar-refractivity contribution is 14.1. The fraction of sp³-hybridized carbons (Fsp3) is 0.636. The minimum atomic E-state index is -0.317. The van der Waals surface area contributed by atoms with Gasteiger partial charge in [0.2, 0.25) is 0 Å². The smallest absolute Gasteiger partial charge is 0.332 e. The Morgan fingerprint density at radius 3 is 2.82 bits per heavy atom. The van der Waals surface area contributed by atoms with Crippen LogP contribution in [0.3, 0.4) is 0 Å². The van der Waals surface area contributed by atoms with Crippen LogP contribution >= 0.6 is 22.6 Å². The van der Waals surface area contributed by atoms with Gasteiger partial charge in [-0.25, -0.2) is 4.79 Å². The third kappa shape index (κ3) is 2.33. The van der Waals surface area contributed by atoms with Gasteiger partial charge in [0.05, 0.1) is 6.10 Å². The van der Waals surface area contributed by atoms with Gasteiger partial charge < -0.3 is 4.74 Å². The summed E-state index contributed by atoms with van der Waals surface area (Å²) in [6.07, 6.45) is 3.20. The van der Waals surface area contributed by atoms with Crippen molar-refractivity contribution in [2.24, 2.45) is 7.05 Å². The number of aromatic nitrogens is 2.